The second-order valence-corrected chi connectivity index (χ2v) is 6.84. The van der Waals surface area contributed by atoms with Crippen LogP contribution in [0.15, 0.2) is 29.2 Å². The third-order valence-electron chi connectivity index (χ3n) is 3.10. The van der Waals surface area contributed by atoms with Gasteiger partial charge in [0.05, 0.1) is 11.0 Å². The Kier molecular flexibility index (Phi) is 5.34. The molecule has 108 valence electrons. The summed E-state index contributed by atoms with van der Waals surface area (Å²) in [6.45, 7) is 3.99. The van der Waals surface area contributed by atoms with Gasteiger partial charge in [0, 0.05) is 32.9 Å². The molecule has 0 spiro atoms. The van der Waals surface area contributed by atoms with Crippen molar-refractivity contribution in [2.75, 3.05) is 26.5 Å². The van der Waals surface area contributed by atoms with Crippen molar-refractivity contribution in [3.63, 3.8) is 0 Å². The minimum atomic E-state index is -3.36. The molecular formula is C13H22N2O3S. The van der Waals surface area contributed by atoms with Gasteiger partial charge in [-0.2, -0.15) is 0 Å². The highest BCUT2D eigenvalue weighted by molar-refractivity contribution is 7.89. The van der Waals surface area contributed by atoms with E-state index in [0.717, 1.165) is 5.69 Å². The van der Waals surface area contributed by atoms with Gasteiger partial charge < -0.3 is 10.1 Å². The van der Waals surface area contributed by atoms with Gasteiger partial charge in [0.25, 0.3) is 0 Å². The highest BCUT2D eigenvalue weighted by atomic mass is 32.2. The first kappa shape index (κ1) is 15.9. The maximum atomic E-state index is 11.9. The molecule has 0 aliphatic carbocycles. The van der Waals surface area contributed by atoms with Crippen molar-refractivity contribution < 1.29 is 13.2 Å². The average molecular weight is 286 g/mol. The first-order valence-corrected chi connectivity index (χ1v) is 7.55. The third-order valence-corrected chi connectivity index (χ3v) is 4.93. The van der Waals surface area contributed by atoms with Crippen LogP contribution in [0.5, 0.6) is 0 Å². The van der Waals surface area contributed by atoms with Crippen molar-refractivity contribution in [1.29, 1.82) is 0 Å². The van der Waals surface area contributed by atoms with Crippen LogP contribution in [0.3, 0.4) is 0 Å². The van der Waals surface area contributed by atoms with E-state index in [1.54, 1.807) is 31.4 Å². The van der Waals surface area contributed by atoms with E-state index in [1.165, 1.54) is 18.4 Å². The lowest BCUT2D eigenvalue weighted by Gasteiger charge is -2.21. The molecule has 1 rings (SSSR count). The number of anilines is 1. The minimum absolute atomic E-state index is 0.0742. The standard InChI is InChI=1S/C13H22N2O3S/c1-10(11(2)18-5)14-12-6-8-13(9-7-12)19(16,17)15(3)4/h6-11,14H,1-5H3. The Hall–Kier alpha value is -1.11. The van der Waals surface area contributed by atoms with Crippen LogP contribution >= 0.6 is 0 Å². The first-order valence-electron chi connectivity index (χ1n) is 6.11. The van der Waals surface area contributed by atoms with Gasteiger partial charge in [0.1, 0.15) is 0 Å². The lowest BCUT2D eigenvalue weighted by Crippen LogP contribution is -2.29. The number of hydrogen-bond donors (Lipinski definition) is 1. The summed E-state index contributed by atoms with van der Waals surface area (Å²) < 4.78 is 30.2. The topological polar surface area (TPSA) is 58.6 Å². The number of nitrogens with one attached hydrogen (secondary N) is 1. The Balaban J connectivity index is 2.83. The summed E-state index contributed by atoms with van der Waals surface area (Å²) in [5.41, 5.74) is 0.870. The van der Waals surface area contributed by atoms with Crippen molar-refractivity contribution >= 4 is 15.7 Å². The largest absolute Gasteiger partial charge is 0.380 e. The summed E-state index contributed by atoms with van der Waals surface area (Å²) in [4.78, 5) is 0.287. The molecule has 6 heteroatoms. The molecule has 1 aromatic rings. The van der Waals surface area contributed by atoms with Crippen molar-refractivity contribution in [3.8, 4) is 0 Å². The monoisotopic (exact) mass is 286 g/mol. The maximum Gasteiger partial charge on any atom is 0.242 e. The van der Waals surface area contributed by atoms with Gasteiger partial charge in [0.15, 0.2) is 0 Å². The fourth-order valence-electron chi connectivity index (χ4n) is 1.52. The van der Waals surface area contributed by atoms with E-state index >= 15 is 0 Å². The summed E-state index contributed by atoms with van der Waals surface area (Å²) >= 11 is 0. The van der Waals surface area contributed by atoms with Crippen LogP contribution in [0.2, 0.25) is 0 Å². The quantitative estimate of drug-likeness (QED) is 0.866. The smallest absolute Gasteiger partial charge is 0.242 e. The van der Waals surface area contributed by atoms with Gasteiger partial charge in [-0.25, -0.2) is 12.7 Å². The number of benzene rings is 1. The van der Waals surface area contributed by atoms with Crippen LogP contribution < -0.4 is 5.32 Å². The number of hydrogen-bond acceptors (Lipinski definition) is 4. The number of nitrogens with zero attached hydrogens (tertiary/aromatic N) is 1. The number of ether oxygens (including phenoxy) is 1. The maximum absolute atomic E-state index is 11.9. The fraction of sp³-hybridized carbons (Fsp3) is 0.538. The lowest BCUT2D eigenvalue weighted by molar-refractivity contribution is 0.106. The molecule has 2 atom stereocenters. The third kappa shape index (κ3) is 3.92. The molecule has 1 N–H and O–H groups in total. The predicted octanol–water partition coefficient (Wildman–Crippen LogP) is 1.77. The number of rotatable bonds is 6. The van der Waals surface area contributed by atoms with Crippen LogP contribution in [0.25, 0.3) is 0 Å². The molecule has 1 aromatic carbocycles. The molecule has 0 heterocycles. The molecule has 0 bridgehead atoms. The van der Waals surface area contributed by atoms with Crippen LogP contribution in [-0.2, 0) is 14.8 Å². The highest BCUT2D eigenvalue weighted by Gasteiger charge is 2.17. The highest BCUT2D eigenvalue weighted by Crippen LogP contribution is 2.17. The van der Waals surface area contributed by atoms with E-state index in [4.69, 9.17) is 4.74 Å². The van der Waals surface area contributed by atoms with Gasteiger partial charge in [-0.05, 0) is 38.1 Å². The van der Waals surface area contributed by atoms with E-state index in [-0.39, 0.29) is 17.0 Å². The Morgan fingerprint density at radius 3 is 2.11 bits per heavy atom. The Morgan fingerprint density at radius 2 is 1.68 bits per heavy atom. The summed E-state index contributed by atoms with van der Waals surface area (Å²) in [6.07, 6.45) is 0.0742. The van der Waals surface area contributed by atoms with E-state index in [1.807, 2.05) is 13.8 Å². The van der Waals surface area contributed by atoms with Gasteiger partial charge in [-0.15, -0.1) is 0 Å². The zero-order valence-electron chi connectivity index (χ0n) is 12.0. The molecule has 0 saturated carbocycles. The van der Waals surface area contributed by atoms with Crippen LogP contribution in [-0.4, -0.2) is 46.1 Å². The van der Waals surface area contributed by atoms with E-state index in [9.17, 15) is 8.42 Å². The molecule has 0 radical (unpaired) electrons. The molecular weight excluding hydrogens is 264 g/mol. The summed E-state index contributed by atoms with van der Waals surface area (Å²) in [5, 5.41) is 3.27. The second kappa shape index (κ2) is 6.36. The first-order chi connectivity index (χ1) is 8.78. The summed E-state index contributed by atoms with van der Waals surface area (Å²) in [7, 11) is 1.34. The Labute approximate surface area is 115 Å². The predicted molar refractivity (Wildman–Crippen MR) is 76.9 cm³/mol. The molecule has 5 nitrogen and oxygen atoms in total. The molecule has 0 saturated heterocycles. The van der Waals surface area contributed by atoms with Crippen molar-refractivity contribution in [1.82, 2.24) is 4.31 Å². The minimum Gasteiger partial charge on any atom is -0.380 e. The van der Waals surface area contributed by atoms with Gasteiger partial charge in [-0.3, -0.25) is 0 Å². The SMILES string of the molecule is COC(C)C(C)Nc1ccc(S(=O)(=O)N(C)C)cc1. The number of sulfonamides is 1. The van der Waals surface area contributed by atoms with E-state index < -0.39 is 10.0 Å². The van der Waals surface area contributed by atoms with Gasteiger partial charge in [-0.1, -0.05) is 0 Å². The normalized spacial score (nSPS) is 15.3. The van der Waals surface area contributed by atoms with Gasteiger partial charge >= 0.3 is 0 Å². The zero-order valence-corrected chi connectivity index (χ0v) is 12.9. The molecule has 0 aliphatic rings. The molecule has 2 unspecified atom stereocenters. The molecule has 0 aromatic heterocycles. The summed E-state index contributed by atoms with van der Waals surface area (Å²) in [6, 6.07) is 6.86. The second-order valence-electron chi connectivity index (χ2n) is 4.69. The molecule has 0 aliphatic heterocycles. The molecule has 0 amide bonds. The van der Waals surface area contributed by atoms with Crippen molar-refractivity contribution in [2.24, 2.45) is 0 Å². The van der Waals surface area contributed by atoms with Crippen LogP contribution in [0.4, 0.5) is 5.69 Å². The lowest BCUT2D eigenvalue weighted by atomic mass is 10.2. The van der Waals surface area contributed by atoms with Gasteiger partial charge in [0.2, 0.25) is 10.0 Å². The fourth-order valence-corrected chi connectivity index (χ4v) is 2.42. The Morgan fingerprint density at radius 1 is 1.16 bits per heavy atom. The zero-order chi connectivity index (χ0) is 14.6. The number of methoxy groups -OCH3 is 1. The van der Waals surface area contributed by atoms with E-state index in [2.05, 4.69) is 5.32 Å². The average Bonchev–Trinajstić information content (AvgIpc) is 2.38. The molecule has 0 fully saturated rings. The van der Waals surface area contributed by atoms with Crippen LogP contribution in [0.1, 0.15) is 13.8 Å². The van der Waals surface area contributed by atoms with Crippen molar-refractivity contribution in [2.45, 2.75) is 30.9 Å². The van der Waals surface area contributed by atoms with Crippen LogP contribution in [0, 0.1) is 0 Å². The molecule has 19 heavy (non-hydrogen) atoms. The Bertz CT molecular complexity index is 497. The summed E-state index contributed by atoms with van der Waals surface area (Å²) in [5.74, 6) is 0. The van der Waals surface area contributed by atoms with E-state index in [0.29, 0.717) is 0 Å². The van der Waals surface area contributed by atoms with Crippen molar-refractivity contribution in [3.05, 3.63) is 24.3 Å².